The number of nitrogens with one attached hydrogen (secondary N) is 2. The molecule has 0 spiro atoms. The minimum Gasteiger partial charge on any atom is -0.454 e. The predicted molar refractivity (Wildman–Crippen MR) is 140 cm³/mol. The van der Waals surface area contributed by atoms with Crippen molar-refractivity contribution in [2.24, 2.45) is 4.99 Å². The van der Waals surface area contributed by atoms with Crippen molar-refractivity contribution in [3.8, 4) is 11.5 Å². The number of hydrogen-bond donors (Lipinski definition) is 2. The van der Waals surface area contributed by atoms with E-state index in [-0.39, 0.29) is 6.03 Å². The molecule has 2 aliphatic heterocycles. The Labute approximate surface area is 209 Å². The highest BCUT2D eigenvalue weighted by Gasteiger charge is 2.25. The van der Waals surface area contributed by atoms with Crippen LogP contribution in [-0.2, 0) is 4.74 Å². The summed E-state index contributed by atoms with van der Waals surface area (Å²) in [5.41, 5.74) is 4.03. The molecule has 2 aliphatic rings. The lowest BCUT2D eigenvalue weighted by Gasteiger charge is -2.30. The van der Waals surface area contributed by atoms with Crippen LogP contribution in [0.25, 0.3) is 0 Å². The molecule has 0 saturated carbocycles. The van der Waals surface area contributed by atoms with E-state index < -0.39 is 0 Å². The number of urea groups is 1. The Morgan fingerprint density at radius 2 is 1.63 bits per heavy atom. The van der Waals surface area contributed by atoms with E-state index in [1.807, 2.05) is 48.5 Å². The second-order valence-electron chi connectivity index (χ2n) is 8.82. The van der Waals surface area contributed by atoms with E-state index in [9.17, 15) is 4.79 Å². The van der Waals surface area contributed by atoms with E-state index in [4.69, 9.17) is 26.1 Å². The molecule has 2 N–H and O–H groups in total. The van der Waals surface area contributed by atoms with E-state index in [1.165, 1.54) is 5.56 Å². The van der Waals surface area contributed by atoms with Crippen LogP contribution in [0.15, 0.2) is 65.7 Å². The summed E-state index contributed by atoms with van der Waals surface area (Å²) in [6, 6.07) is 18.5. The van der Waals surface area contributed by atoms with E-state index in [0.717, 1.165) is 17.1 Å². The van der Waals surface area contributed by atoms with Gasteiger partial charge in [-0.15, -0.1) is 0 Å². The fourth-order valence-corrected chi connectivity index (χ4v) is 4.26. The lowest BCUT2D eigenvalue weighted by atomic mass is 10.0. The number of amides is 2. The maximum Gasteiger partial charge on any atom is 0.323 e. The SMILES string of the molecule is CC(C)c1ccc(NC(=O)Nc2ccc3c(c2)C(N2CCOCC2)=Nc2cc(Cl)ccc2O3)cc1. The highest BCUT2D eigenvalue weighted by Crippen LogP contribution is 2.40. The van der Waals surface area contributed by atoms with Crippen molar-refractivity contribution in [1.29, 1.82) is 0 Å². The number of carbonyl (C=O) groups is 1. The number of benzene rings is 3. The van der Waals surface area contributed by atoms with Crippen LogP contribution in [-0.4, -0.2) is 43.1 Å². The summed E-state index contributed by atoms with van der Waals surface area (Å²) in [4.78, 5) is 19.8. The molecule has 3 aromatic rings. The third-order valence-corrected chi connectivity index (χ3v) is 6.23. The molecule has 0 radical (unpaired) electrons. The maximum atomic E-state index is 12.7. The number of fused-ring (bicyclic) bond motifs is 2. The van der Waals surface area contributed by atoms with Crippen LogP contribution in [0.5, 0.6) is 11.5 Å². The zero-order chi connectivity index (χ0) is 24.4. The first kappa shape index (κ1) is 23.2. The van der Waals surface area contributed by atoms with Crippen molar-refractivity contribution in [2.75, 3.05) is 36.9 Å². The summed E-state index contributed by atoms with van der Waals surface area (Å²) in [6.45, 7) is 6.93. The zero-order valence-corrected chi connectivity index (χ0v) is 20.4. The van der Waals surface area contributed by atoms with Gasteiger partial charge in [0.25, 0.3) is 0 Å². The molecular weight excluding hydrogens is 464 g/mol. The van der Waals surface area contributed by atoms with Crippen molar-refractivity contribution in [2.45, 2.75) is 19.8 Å². The molecule has 0 aliphatic carbocycles. The Hall–Kier alpha value is -3.55. The standard InChI is InChI=1S/C27H27ClN4O3/c1-17(2)18-3-6-20(7-4-18)29-27(33)30-21-8-10-24-22(16-21)26(32-11-13-34-14-12-32)31-23-15-19(28)5-9-25(23)35-24/h3-10,15-17H,11-14H2,1-2H3,(H2,29,30,33). The molecule has 1 fully saturated rings. The summed E-state index contributed by atoms with van der Waals surface area (Å²) in [7, 11) is 0. The van der Waals surface area contributed by atoms with Crippen molar-refractivity contribution in [3.63, 3.8) is 0 Å². The van der Waals surface area contributed by atoms with Crippen LogP contribution >= 0.6 is 11.6 Å². The highest BCUT2D eigenvalue weighted by atomic mass is 35.5. The monoisotopic (exact) mass is 490 g/mol. The van der Waals surface area contributed by atoms with Gasteiger partial charge in [0.05, 0.1) is 18.8 Å². The summed E-state index contributed by atoms with van der Waals surface area (Å²) in [5, 5.41) is 6.40. The fourth-order valence-electron chi connectivity index (χ4n) is 4.09. The van der Waals surface area contributed by atoms with E-state index in [0.29, 0.717) is 60.1 Å². The van der Waals surface area contributed by atoms with Gasteiger partial charge in [0.15, 0.2) is 5.75 Å². The van der Waals surface area contributed by atoms with Crippen molar-refractivity contribution < 1.29 is 14.3 Å². The highest BCUT2D eigenvalue weighted by molar-refractivity contribution is 6.31. The number of nitrogens with zero attached hydrogens (tertiary/aromatic N) is 2. The molecule has 7 nitrogen and oxygen atoms in total. The van der Waals surface area contributed by atoms with Gasteiger partial charge >= 0.3 is 6.03 Å². The molecule has 5 rings (SSSR count). The number of rotatable bonds is 3. The van der Waals surface area contributed by atoms with E-state index >= 15 is 0 Å². The van der Waals surface area contributed by atoms with E-state index in [1.54, 1.807) is 12.1 Å². The van der Waals surface area contributed by atoms with Crippen LogP contribution in [0.1, 0.15) is 30.9 Å². The second kappa shape index (κ2) is 9.98. The van der Waals surface area contributed by atoms with Crippen molar-refractivity contribution in [3.05, 3.63) is 76.8 Å². The lowest BCUT2D eigenvalue weighted by Crippen LogP contribution is -2.41. The molecule has 8 heteroatoms. The molecule has 3 aromatic carbocycles. The fraction of sp³-hybridized carbons (Fsp3) is 0.259. The molecule has 35 heavy (non-hydrogen) atoms. The van der Waals surface area contributed by atoms with Gasteiger partial charge in [-0.05, 0) is 60.0 Å². The summed E-state index contributed by atoms with van der Waals surface area (Å²) >= 11 is 6.23. The Balaban J connectivity index is 1.42. The van der Waals surface area contributed by atoms with Crippen LogP contribution < -0.4 is 15.4 Å². The molecule has 0 atom stereocenters. The topological polar surface area (TPSA) is 75.2 Å². The van der Waals surface area contributed by atoms with Gasteiger partial charge in [-0.25, -0.2) is 9.79 Å². The van der Waals surface area contributed by atoms with Gasteiger partial charge in [0.2, 0.25) is 0 Å². The largest absolute Gasteiger partial charge is 0.454 e. The van der Waals surface area contributed by atoms with Gasteiger partial charge in [-0.2, -0.15) is 0 Å². The van der Waals surface area contributed by atoms with Crippen molar-refractivity contribution in [1.82, 2.24) is 4.90 Å². The Morgan fingerprint density at radius 1 is 0.943 bits per heavy atom. The molecule has 1 saturated heterocycles. The number of aliphatic imine (C=N–C) groups is 1. The zero-order valence-electron chi connectivity index (χ0n) is 19.7. The Bertz CT molecular complexity index is 1270. The van der Waals surface area contributed by atoms with Gasteiger partial charge in [0.1, 0.15) is 17.3 Å². The summed E-state index contributed by atoms with van der Waals surface area (Å²) < 4.78 is 11.7. The third-order valence-electron chi connectivity index (χ3n) is 5.99. The third kappa shape index (κ3) is 5.26. The smallest absolute Gasteiger partial charge is 0.323 e. The first-order chi connectivity index (χ1) is 17.0. The average molecular weight is 491 g/mol. The van der Waals surface area contributed by atoms with Gasteiger partial charge in [0, 0.05) is 29.5 Å². The van der Waals surface area contributed by atoms with Crippen LogP contribution in [0.4, 0.5) is 21.9 Å². The molecule has 0 bridgehead atoms. The van der Waals surface area contributed by atoms with E-state index in [2.05, 4.69) is 29.4 Å². The summed E-state index contributed by atoms with van der Waals surface area (Å²) in [6.07, 6.45) is 0. The molecule has 2 amide bonds. The number of hydrogen-bond acceptors (Lipinski definition) is 5. The van der Waals surface area contributed by atoms with Gasteiger partial charge < -0.3 is 25.0 Å². The number of ether oxygens (including phenoxy) is 2. The van der Waals surface area contributed by atoms with Gasteiger partial charge in [-0.3, -0.25) is 0 Å². The molecule has 180 valence electrons. The van der Waals surface area contributed by atoms with Gasteiger partial charge in [-0.1, -0.05) is 37.6 Å². The first-order valence-corrected chi connectivity index (χ1v) is 12.1. The van der Waals surface area contributed by atoms with Crippen LogP contribution in [0.3, 0.4) is 0 Å². The Morgan fingerprint density at radius 3 is 2.37 bits per heavy atom. The average Bonchev–Trinajstić information content (AvgIpc) is 3.01. The second-order valence-corrected chi connectivity index (χ2v) is 9.25. The number of morpholine rings is 1. The molecule has 0 aromatic heterocycles. The molecule has 2 heterocycles. The predicted octanol–water partition coefficient (Wildman–Crippen LogP) is 6.62. The Kier molecular flexibility index (Phi) is 6.61. The quantitative estimate of drug-likeness (QED) is 0.432. The lowest BCUT2D eigenvalue weighted by molar-refractivity contribution is 0.0683. The number of carbonyl (C=O) groups excluding carboxylic acids is 1. The van der Waals surface area contributed by atoms with Crippen LogP contribution in [0, 0.1) is 0 Å². The normalized spacial score (nSPS) is 14.9. The minimum absolute atomic E-state index is 0.322. The minimum atomic E-state index is -0.322. The number of amidine groups is 1. The number of halogens is 1. The number of anilines is 2. The first-order valence-electron chi connectivity index (χ1n) is 11.7. The maximum absolute atomic E-state index is 12.7. The molecular formula is C27H27ClN4O3. The molecule has 0 unspecified atom stereocenters. The summed E-state index contributed by atoms with van der Waals surface area (Å²) in [5.74, 6) is 2.48. The van der Waals surface area contributed by atoms with Crippen LogP contribution in [0.2, 0.25) is 5.02 Å². The van der Waals surface area contributed by atoms with Crippen molar-refractivity contribution >= 4 is 40.5 Å².